The van der Waals surface area contributed by atoms with Crippen LogP contribution in [0, 0.1) is 0 Å². The van der Waals surface area contributed by atoms with Gasteiger partial charge in [0.25, 0.3) is 0 Å². The minimum atomic E-state index is 1.28. The standard InChI is InChI=1S/C10H21NS2/c1-2-3-7-12-8-4-5-11-6-9-13-10-11/h2-10H2,1H3. The molecule has 1 rings (SSSR count). The predicted octanol–water partition coefficient (Wildman–Crippen LogP) is 2.92. The third-order valence-corrected chi connectivity index (χ3v) is 4.40. The van der Waals surface area contributed by atoms with Crippen molar-refractivity contribution in [1.29, 1.82) is 0 Å². The minimum Gasteiger partial charge on any atom is -0.293 e. The lowest BCUT2D eigenvalue weighted by Gasteiger charge is -2.12. The summed E-state index contributed by atoms with van der Waals surface area (Å²) < 4.78 is 0. The van der Waals surface area contributed by atoms with Crippen LogP contribution in [0.2, 0.25) is 0 Å². The molecule has 0 saturated carbocycles. The molecule has 0 atom stereocenters. The van der Waals surface area contributed by atoms with Crippen molar-refractivity contribution in [2.75, 3.05) is 36.2 Å². The Morgan fingerprint density at radius 1 is 1.31 bits per heavy atom. The van der Waals surface area contributed by atoms with E-state index in [1.165, 1.54) is 55.5 Å². The van der Waals surface area contributed by atoms with Gasteiger partial charge in [-0.15, -0.1) is 11.8 Å². The van der Waals surface area contributed by atoms with E-state index in [0.29, 0.717) is 0 Å². The summed E-state index contributed by atoms with van der Waals surface area (Å²) in [6.45, 7) is 4.92. The molecule has 78 valence electrons. The molecule has 0 aromatic carbocycles. The van der Waals surface area contributed by atoms with Crippen molar-refractivity contribution in [3.05, 3.63) is 0 Å². The first-order valence-corrected chi connectivity index (χ1v) is 7.62. The van der Waals surface area contributed by atoms with Gasteiger partial charge in [-0.1, -0.05) is 13.3 Å². The number of hydrogen-bond acceptors (Lipinski definition) is 3. The fourth-order valence-electron chi connectivity index (χ4n) is 1.37. The van der Waals surface area contributed by atoms with E-state index < -0.39 is 0 Å². The van der Waals surface area contributed by atoms with Crippen LogP contribution in [-0.4, -0.2) is 41.1 Å². The van der Waals surface area contributed by atoms with Gasteiger partial charge in [0.05, 0.1) is 0 Å². The molecule has 0 spiro atoms. The van der Waals surface area contributed by atoms with Crippen molar-refractivity contribution < 1.29 is 0 Å². The second-order valence-corrected chi connectivity index (χ2v) is 5.77. The van der Waals surface area contributed by atoms with Gasteiger partial charge in [0, 0.05) is 18.2 Å². The molecule has 0 radical (unpaired) electrons. The molecule has 0 N–H and O–H groups in total. The van der Waals surface area contributed by atoms with Gasteiger partial charge >= 0.3 is 0 Å². The van der Waals surface area contributed by atoms with Crippen molar-refractivity contribution in [3.8, 4) is 0 Å². The molecule has 13 heavy (non-hydrogen) atoms. The summed E-state index contributed by atoms with van der Waals surface area (Å²) in [7, 11) is 0. The maximum absolute atomic E-state index is 2.57. The number of thioether (sulfide) groups is 2. The predicted molar refractivity (Wildman–Crippen MR) is 65.7 cm³/mol. The van der Waals surface area contributed by atoms with Gasteiger partial charge in [0.2, 0.25) is 0 Å². The Bertz CT molecular complexity index is 113. The Morgan fingerprint density at radius 2 is 2.15 bits per heavy atom. The SMILES string of the molecule is CCCCSCCCN1CCSC1. The Hall–Kier alpha value is 0.660. The molecule has 1 aliphatic rings. The molecular formula is C10H21NS2. The fraction of sp³-hybridized carbons (Fsp3) is 1.00. The van der Waals surface area contributed by atoms with E-state index in [-0.39, 0.29) is 0 Å². The Balaban J connectivity index is 1.78. The zero-order valence-corrected chi connectivity index (χ0v) is 10.3. The maximum atomic E-state index is 2.57. The summed E-state index contributed by atoms with van der Waals surface area (Å²) in [6.07, 6.45) is 4.12. The van der Waals surface area contributed by atoms with E-state index in [4.69, 9.17) is 0 Å². The number of rotatable bonds is 7. The van der Waals surface area contributed by atoms with Gasteiger partial charge in [-0.25, -0.2) is 0 Å². The van der Waals surface area contributed by atoms with Gasteiger partial charge in [-0.05, 0) is 30.9 Å². The lowest BCUT2D eigenvalue weighted by atomic mass is 10.4. The molecule has 1 saturated heterocycles. The van der Waals surface area contributed by atoms with E-state index in [9.17, 15) is 0 Å². The first-order chi connectivity index (χ1) is 6.43. The van der Waals surface area contributed by atoms with Crippen LogP contribution < -0.4 is 0 Å². The van der Waals surface area contributed by atoms with Crippen LogP contribution in [0.4, 0.5) is 0 Å². The monoisotopic (exact) mass is 219 g/mol. The van der Waals surface area contributed by atoms with Crippen LogP contribution in [0.5, 0.6) is 0 Å². The van der Waals surface area contributed by atoms with Gasteiger partial charge in [-0.2, -0.15) is 11.8 Å². The second kappa shape index (κ2) is 8.01. The van der Waals surface area contributed by atoms with Gasteiger partial charge in [0.15, 0.2) is 0 Å². The first-order valence-electron chi connectivity index (χ1n) is 5.31. The highest BCUT2D eigenvalue weighted by atomic mass is 32.2. The summed E-state index contributed by atoms with van der Waals surface area (Å²) in [4.78, 5) is 2.57. The van der Waals surface area contributed by atoms with Gasteiger partial charge in [0.1, 0.15) is 0 Å². The Morgan fingerprint density at radius 3 is 2.85 bits per heavy atom. The molecule has 3 heteroatoms. The molecule has 0 amide bonds. The topological polar surface area (TPSA) is 3.24 Å². The third-order valence-electron chi connectivity index (χ3n) is 2.23. The molecule has 0 aliphatic carbocycles. The number of nitrogens with zero attached hydrogens (tertiary/aromatic N) is 1. The van der Waals surface area contributed by atoms with Gasteiger partial charge < -0.3 is 0 Å². The normalized spacial score (nSPS) is 18.2. The zero-order valence-electron chi connectivity index (χ0n) is 8.63. The van der Waals surface area contributed by atoms with Crippen LogP contribution in [0.1, 0.15) is 26.2 Å². The van der Waals surface area contributed by atoms with Crippen molar-refractivity contribution in [2.45, 2.75) is 26.2 Å². The van der Waals surface area contributed by atoms with E-state index in [2.05, 4.69) is 35.3 Å². The Kier molecular flexibility index (Phi) is 7.23. The fourth-order valence-corrected chi connectivity index (χ4v) is 3.43. The summed E-state index contributed by atoms with van der Waals surface area (Å²) in [5.41, 5.74) is 0. The average Bonchev–Trinajstić information content (AvgIpc) is 2.63. The molecule has 1 fully saturated rings. The summed E-state index contributed by atoms with van der Waals surface area (Å²) in [5, 5.41) is 0. The highest BCUT2D eigenvalue weighted by molar-refractivity contribution is 7.99. The maximum Gasteiger partial charge on any atom is 0.0445 e. The lowest BCUT2D eigenvalue weighted by Crippen LogP contribution is -2.21. The number of unbranched alkanes of at least 4 members (excludes halogenated alkanes) is 1. The lowest BCUT2D eigenvalue weighted by molar-refractivity contribution is 0.358. The van der Waals surface area contributed by atoms with Crippen LogP contribution in [0.15, 0.2) is 0 Å². The molecule has 0 aromatic heterocycles. The summed E-state index contributed by atoms with van der Waals surface area (Å²) >= 11 is 4.20. The average molecular weight is 219 g/mol. The largest absolute Gasteiger partial charge is 0.293 e. The van der Waals surface area contributed by atoms with E-state index in [0.717, 1.165) is 0 Å². The number of hydrogen-bond donors (Lipinski definition) is 0. The third kappa shape index (κ3) is 5.87. The van der Waals surface area contributed by atoms with Crippen molar-refractivity contribution >= 4 is 23.5 Å². The molecule has 1 heterocycles. The molecule has 0 unspecified atom stereocenters. The highest BCUT2D eigenvalue weighted by Crippen LogP contribution is 2.14. The molecule has 1 aliphatic heterocycles. The summed E-state index contributed by atoms with van der Waals surface area (Å²) in [6, 6.07) is 0. The molecular weight excluding hydrogens is 198 g/mol. The van der Waals surface area contributed by atoms with Crippen LogP contribution in [-0.2, 0) is 0 Å². The molecule has 0 aromatic rings. The van der Waals surface area contributed by atoms with E-state index in [1.807, 2.05) is 0 Å². The van der Waals surface area contributed by atoms with E-state index in [1.54, 1.807) is 0 Å². The van der Waals surface area contributed by atoms with Crippen LogP contribution >= 0.6 is 23.5 Å². The van der Waals surface area contributed by atoms with Crippen molar-refractivity contribution in [3.63, 3.8) is 0 Å². The van der Waals surface area contributed by atoms with E-state index >= 15 is 0 Å². The van der Waals surface area contributed by atoms with Crippen LogP contribution in [0.25, 0.3) is 0 Å². The second-order valence-electron chi connectivity index (χ2n) is 3.47. The minimum absolute atomic E-state index is 1.28. The van der Waals surface area contributed by atoms with Crippen molar-refractivity contribution in [2.24, 2.45) is 0 Å². The zero-order chi connectivity index (χ0) is 9.36. The first kappa shape index (κ1) is 11.7. The van der Waals surface area contributed by atoms with Crippen molar-refractivity contribution in [1.82, 2.24) is 4.90 Å². The molecule has 0 bridgehead atoms. The smallest absolute Gasteiger partial charge is 0.0445 e. The van der Waals surface area contributed by atoms with Gasteiger partial charge in [-0.3, -0.25) is 4.90 Å². The Labute approximate surface area is 91.0 Å². The quantitative estimate of drug-likeness (QED) is 0.606. The highest BCUT2D eigenvalue weighted by Gasteiger charge is 2.10. The molecule has 1 nitrogen and oxygen atoms in total. The summed E-state index contributed by atoms with van der Waals surface area (Å²) in [5.74, 6) is 5.36. The van der Waals surface area contributed by atoms with Crippen LogP contribution in [0.3, 0.4) is 0 Å².